The summed E-state index contributed by atoms with van der Waals surface area (Å²) in [4.78, 5) is 0. The second-order valence-corrected chi connectivity index (χ2v) is 3.05. The van der Waals surface area contributed by atoms with E-state index in [0.717, 1.165) is 0 Å². The summed E-state index contributed by atoms with van der Waals surface area (Å²) >= 11 is 0. The van der Waals surface area contributed by atoms with Crippen LogP contribution in [0, 0.1) is 5.92 Å². The fourth-order valence-electron chi connectivity index (χ4n) is 0.909. The average Bonchev–Trinajstić information content (AvgIpc) is 1.88. The molecule has 4 N–H and O–H groups in total. The van der Waals surface area contributed by atoms with E-state index >= 15 is 0 Å². The Kier molecular flexibility index (Phi) is 5.64. The molecular formula is C8H20N2. The van der Waals surface area contributed by atoms with Crippen molar-refractivity contribution in [2.45, 2.75) is 45.7 Å². The van der Waals surface area contributed by atoms with Crippen LogP contribution in [0.2, 0.25) is 0 Å². The molecule has 10 heavy (non-hydrogen) atoms. The van der Waals surface area contributed by atoms with E-state index in [2.05, 4.69) is 13.8 Å². The molecule has 0 aromatic rings. The van der Waals surface area contributed by atoms with Crippen LogP contribution in [-0.2, 0) is 0 Å². The van der Waals surface area contributed by atoms with Gasteiger partial charge in [-0.05, 0) is 12.3 Å². The van der Waals surface area contributed by atoms with Crippen molar-refractivity contribution in [1.82, 2.24) is 0 Å². The van der Waals surface area contributed by atoms with E-state index < -0.39 is 0 Å². The van der Waals surface area contributed by atoms with Crippen LogP contribution in [0.4, 0.5) is 0 Å². The fourth-order valence-corrected chi connectivity index (χ4v) is 0.909. The predicted molar refractivity (Wildman–Crippen MR) is 45.5 cm³/mol. The number of nitrogens with two attached hydrogens (primary N) is 2. The molecule has 2 heteroatoms. The molecule has 0 amide bonds. The van der Waals surface area contributed by atoms with E-state index in [1.165, 1.54) is 25.7 Å². The highest BCUT2D eigenvalue weighted by Gasteiger charge is 2.05. The Balaban J connectivity index is 3.13. The maximum Gasteiger partial charge on any atom is 0.0547 e. The van der Waals surface area contributed by atoms with Gasteiger partial charge in [0.1, 0.15) is 0 Å². The second-order valence-electron chi connectivity index (χ2n) is 3.05. The van der Waals surface area contributed by atoms with Crippen molar-refractivity contribution in [1.29, 1.82) is 0 Å². The summed E-state index contributed by atoms with van der Waals surface area (Å²) in [5.41, 5.74) is 11.0. The lowest BCUT2D eigenvalue weighted by molar-refractivity contribution is 0.417. The van der Waals surface area contributed by atoms with Gasteiger partial charge in [-0.1, -0.05) is 33.1 Å². The van der Waals surface area contributed by atoms with Gasteiger partial charge in [-0.15, -0.1) is 0 Å². The van der Waals surface area contributed by atoms with E-state index in [0.29, 0.717) is 5.92 Å². The van der Waals surface area contributed by atoms with Crippen LogP contribution in [0.15, 0.2) is 0 Å². The van der Waals surface area contributed by atoms with Crippen LogP contribution >= 0.6 is 0 Å². The van der Waals surface area contributed by atoms with E-state index in [4.69, 9.17) is 11.5 Å². The Hall–Kier alpha value is -0.0800. The second kappa shape index (κ2) is 5.69. The molecule has 0 aliphatic carbocycles. The van der Waals surface area contributed by atoms with E-state index in [1.54, 1.807) is 0 Å². The van der Waals surface area contributed by atoms with Crippen molar-refractivity contribution in [2.24, 2.45) is 17.4 Å². The van der Waals surface area contributed by atoms with Crippen LogP contribution in [0.25, 0.3) is 0 Å². The summed E-state index contributed by atoms with van der Waals surface area (Å²) < 4.78 is 0. The van der Waals surface area contributed by atoms with Crippen LogP contribution in [-0.4, -0.2) is 6.17 Å². The average molecular weight is 144 g/mol. The third-order valence-corrected chi connectivity index (χ3v) is 1.92. The minimum Gasteiger partial charge on any atom is -0.316 e. The number of unbranched alkanes of at least 4 members (excludes halogenated alkanes) is 2. The third kappa shape index (κ3) is 4.77. The SMILES string of the molecule is CCCCCC(C)C(N)N. The van der Waals surface area contributed by atoms with Crippen LogP contribution in [0.1, 0.15) is 39.5 Å². The van der Waals surface area contributed by atoms with Gasteiger partial charge in [0.05, 0.1) is 6.17 Å². The Morgan fingerprint density at radius 2 is 1.80 bits per heavy atom. The molecule has 0 spiro atoms. The zero-order chi connectivity index (χ0) is 7.98. The van der Waals surface area contributed by atoms with Crippen molar-refractivity contribution in [3.63, 3.8) is 0 Å². The fraction of sp³-hybridized carbons (Fsp3) is 1.00. The van der Waals surface area contributed by atoms with Crippen LogP contribution < -0.4 is 11.5 Å². The first-order chi connectivity index (χ1) is 4.68. The summed E-state index contributed by atoms with van der Waals surface area (Å²) in [7, 11) is 0. The Labute approximate surface area is 64.0 Å². The molecule has 0 aromatic carbocycles. The molecule has 1 unspecified atom stereocenters. The standard InChI is InChI=1S/C8H20N2/c1-3-4-5-6-7(2)8(9)10/h7-8H,3-6,9-10H2,1-2H3. The molecule has 0 radical (unpaired) electrons. The largest absolute Gasteiger partial charge is 0.316 e. The number of hydrogen-bond donors (Lipinski definition) is 2. The molecule has 0 aromatic heterocycles. The monoisotopic (exact) mass is 144 g/mol. The zero-order valence-corrected chi connectivity index (χ0v) is 7.14. The zero-order valence-electron chi connectivity index (χ0n) is 7.14. The van der Waals surface area contributed by atoms with Gasteiger partial charge in [0.15, 0.2) is 0 Å². The highest BCUT2D eigenvalue weighted by Crippen LogP contribution is 2.09. The quantitative estimate of drug-likeness (QED) is 0.453. The predicted octanol–water partition coefficient (Wildman–Crippen LogP) is 1.45. The van der Waals surface area contributed by atoms with Crippen molar-refractivity contribution in [2.75, 3.05) is 0 Å². The summed E-state index contributed by atoms with van der Waals surface area (Å²) in [5.74, 6) is 0.478. The van der Waals surface area contributed by atoms with Gasteiger partial charge >= 0.3 is 0 Å². The van der Waals surface area contributed by atoms with Crippen LogP contribution in [0.5, 0.6) is 0 Å². The molecular weight excluding hydrogens is 124 g/mol. The maximum atomic E-state index is 5.50. The first-order valence-corrected chi connectivity index (χ1v) is 4.19. The van der Waals surface area contributed by atoms with Crippen LogP contribution in [0.3, 0.4) is 0 Å². The summed E-state index contributed by atoms with van der Waals surface area (Å²) in [6.45, 7) is 4.31. The molecule has 0 saturated carbocycles. The summed E-state index contributed by atoms with van der Waals surface area (Å²) in [5, 5.41) is 0. The first kappa shape index (κ1) is 9.92. The van der Waals surface area contributed by atoms with Gasteiger partial charge in [-0.3, -0.25) is 0 Å². The third-order valence-electron chi connectivity index (χ3n) is 1.92. The van der Waals surface area contributed by atoms with Gasteiger partial charge in [-0.2, -0.15) is 0 Å². The summed E-state index contributed by atoms with van der Waals surface area (Å²) in [6.07, 6.45) is 4.88. The lowest BCUT2D eigenvalue weighted by atomic mass is 10.0. The van der Waals surface area contributed by atoms with E-state index in [9.17, 15) is 0 Å². The molecule has 0 heterocycles. The van der Waals surface area contributed by atoms with Gasteiger partial charge in [0.25, 0.3) is 0 Å². The highest BCUT2D eigenvalue weighted by atomic mass is 14.9. The molecule has 0 aliphatic rings. The lowest BCUT2D eigenvalue weighted by Gasteiger charge is -2.14. The summed E-state index contributed by atoms with van der Waals surface area (Å²) in [6, 6.07) is 0. The normalized spacial score (nSPS) is 14.1. The molecule has 1 atom stereocenters. The topological polar surface area (TPSA) is 52.0 Å². The Morgan fingerprint density at radius 3 is 2.20 bits per heavy atom. The molecule has 0 rings (SSSR count). The van der Waals surface area contributed by atoms with Gasteiger partial charge in [-0.25, -0.2) is 0 Å². The number of rotatable bonds is 5. The minimum atomic E-state index is -0.128. The molecule has 0 saturated heterocycles. The highest BCUT2D eigenvalue weighted by molar-refractivity contribution is 4.61. The number of hydrogen-bond acceptors (Lipinski definition) is 2. The van der Waals surface area contributed by atoms with Gasteiger partial charge in [0, 0.05) is 0 Å². The van der Waals surface area contributed by atoms with Gasteiger partial charge < -0.3 is 11.5 Å². The maximum absolute atomic E-state index is 5.50. The Morgan fingerprint density at radius 1 is 1.20 bits per heavy atom. The molecule has 2 nitrogen and oxygen atoms in total. The van der Waals surface area contributed by atoms with E-state index in [-0.39, 0.29) is 6.17 Å². The van der Waals surface area contributed by atoms with Crippen molar-refractivity contribution in [3.8, 4) is 0 Å². The molecule has 62 valence electrons. The molecule has 0 fully saturated rings. The van der Waals surface area contributed by atoms with Crippen molar-refractivity contribution >= 4 is 0 Å². The van der Waals surface area contributed by atoms with Gasteiger partial charge in [0.2, 0.25) is 0 Å². The first-order valence-electron chi connectivity index (χ1n) is 4.19. The molecule has 0 aliphatic heterocycles. The Bertz CT molecular complexity index is 71.7. The van der Waals surface area contributed by atoms with Crippen molar-refractivity contribution in [3.05, 3.63) is 0 Å². The lowest BCUT2D eigenvalue weighted by Crippen LogP contribution is -2.37. The van der Waals surface area contributed by atoms with Crippen molar-refractivity contribution < 1.29 is 0 Å². The smallest absolute Gasteiger partial charge is 0.0547 e. The molecule has 0 bridgehead atoms. The minimum absolute atomic E-state index is 0.128. The van der Waals surface area contributed by atoms with E-state index in [1.807, 2.05) is 0 Å².